The van der Waals surface area contributed by atoms with Crippen molar-refractivity contribution in [2.45, 2.75) is 11.8 Å². The van der Waals surface area contributed by atoms with Gasteiger partial charge >= 0.3 is 0 Å². The van der Waals surface area contributed by atoms with Crippen molar-refractivity contribution in [1.82, 2.24) is 9.97 Å². The topological polar surface area (TPSA) is 81.2 Å². The summed E-state index contributed by atoms with van der Waals surface area (Å²) in [5, 5.41) is 0.843. The number of para-hydroxylation sites is 1. The molecule has 8 heteroatoms. The number of nitrogens with zero attached hydrogens (tertiary/aromatic N) is 2. The fourth-order valence-electron chi connectivity index (χ4n) is 2.85. The van der Waals surface area contributed by atoms with Crippen molar-refractivity contribution in [3.8, 4) is 16.3 Å². The van der Waals surface area contributed by atoms with Gasteiger partial charge in [0.2, 0.25) is 0 Å². The lowest BCUT2D eigenvalue weighted by atomic mass is 10.1. The summed E-state index contributed by atoms with van der Waals surface area (Å²) in [5.41, 5.74) is 3.07. The Hall–Kier alpha value is -2.97. The standard InChI is InChI=1S/C20H17N3O3S2/c1-13-12-14(19-22-16-6-5-11-21-20(16)27-19)9-10-15(13)23-28(24,25)18-8-4-3-7-17(18)26-2/h3-12,23H,1-2H3. The van der Waals surface area contributed by atoms with Crippen LogP contribution in [0.5, 0.6) is 5.75 Å². The molecule has 0 atom stereocenters. The predicted octanol–water partition coefficient (Wildman–Crippen LogP) is 4.48. The van der Waals surface area contributed by atoms with E-state index in [1.165, 1.54) is 24.5 Å². The number of methoxy groups -OCH3 is 1. The van der Waals surface area contributed by atoms with Gasteiger partial charge in [0.15, 0.2) is 0 Å². The van der Waals surface area contributed by atoms with E-state index in [1.807, 2.05) is 31.2 Å². The zero-order valence-electron chi connectivity index (χ0n) is 15.2. The molecular formula is C20H17N3O3S2. The molecule has 142 valence electrons. The van der Waals surface area contributed by atoms with Crippen LogP contribution < -0.4 is 9.46 Å². The molecule has 2 aromatic heterocycles. The Morgan fingerprint density at radius 2 is 1.89 bits per heavy atom. The Morgan fingerprint density at radius 3 is 2.64 bits per heavy atom. The molecular weight excluding hydrogens is 394 g/mol. The van der Waals surface area contributed by atoms with E-state index in [1.54, 1.807) is 30.5 Å². The maximum Gasteiger partial charge on any atom is 0.265 e. The molecule has 0 saturated heterocycles. The predicted molar refractivity (Wildman–Crippen MR) is 111 cm³/mol. The minimum atomic E-state index is -3.77. The van der Waals surface area contributed by atoms with Crippen LogP contribution in [0, 0.1) is 6.92 Å². The third-order valence-electron chi connectivity index (χ3n) is 4.24. The van der Waals surface area contributed by atoms with Crippen molar-refractivity contribution in [1.29, 1.82) is 0 Å². The Labute approximate surface area is 166 Å². The summed E-state index contributed by atoms with van der Waals surface area (Å²) >= 11 is 1.50. The minimum Gasteiger partial charge on any atom is -0.495 e. The van der Waals surface area contributed by atoms with E-state index in [2.05, 4.69) is 14.7 Å². The van der Waals surface area contributed by atoms with Crippen LogP contribution in [0.2, 0.25) is 0 Å². The smallest absolute Gasteiger partial charge is 0.265 e. The maximum atomic E-state index is 12.8. The number of thiazole rings is 1. The highest BCUT2D eigenvalue weighted by Crippen LogP contribution is 2.32. The molecule has 4 rings (SSSR count). The van der Waals surface area contributed by atoms with Crippen LogP contribution in [0.3, 0.4) is 0 Å². The highest BCUT2D eigenvalue weighted by molar-refractivity contribution is 7.92. The van der Waals surface area contributed by atoms with Crippen LogP contribution in [-0.2, 0) is 10.0 Å². The number of anilines is 1. The quantitative estimate of drug-likeness (QED) is 0.524. The highest BCUT2D eigenvalue weighted by atomic mass is 32.2. The molecule has 0 saturated carbocycles. The van der Waals surface area contributed by atoms with Crippen molar-refractivity contribution in [3.05, 3.63) is 66.4 Å². The molecule has 0 fully saturated rings. The van der Waals surface area contributed by atoms with E-state index in [-0.39, 0.29) is 4.90 Å². The van der Waals surface area contributed by atoms with E-state index in [0.29, 0.717) is 11.4 Å². The zero-order valence-corrected chi connectivity index (χ0v) is 16.8. The second kappa shape index (κ2) is 7.21. The summed E-state index contributed by atoms with van der Waals surface area (Å²) in [4.78, 5) is 9.88. The van der Waals surface area contributed by atoms with Gasteiger partial charge in [0.25, 0.3) is 10.0 Å². The summed E-state index contributed by atoms with van der Waals surface area (Å²) in [6.07, 6.45) is 1.74. The van der Waals surface area contributed by atoms with Crippen molar-refractivity contribution >= 4 is 37.4 Å². The number of ether oxygens (including phenoxy) is 1. The molecule has 28 heavy (non-hydrogen) atoms. The summed E-state index contributed by atoms with van der Waals surface area (Å²) in [6.45, 7) is 1.86. The second-order valence-electron chi connectivity index (χ2n) is 6.13. The number of benzene rings is 2. The first kappa shape index (κ1) is 18.4. The normalized spacial score (nSPS) is 11.5. The fourth-order valence-corrected chi connectivity index (χ4v) is 5.05. The van der Waals surface area contributed by atoms with Crippen LogP contribution in [0.1, 0.15) is 5.56 Å². The van der Waals surface area contributed by atoms with Crippen LogP contribution in [0.4, 0.5) is 5.69 Å². The number of fused-ring (bicyclic) bond motifs is 1. The van der Waals surface area contributed by atoms with Gasteiger partial charge < -0.3 is 4.74 Å². The van der Waals surface area contributed by atoms with Gasteiger partial charge in [-0.2, -0.15) is 0 Å². The third-order valence-corrected chi connectivity index (χ3v) is 6.68. The van der Waals surface area contributed by atoms with Crippen LogP contribution in [0.25, 0.3) is 20.9 Å². The molecule has 0 amide bonds. The highest BCUT2D eigenvalue weighted by Gasteiger charge is 2.20. The molecule has 0 aliphatic rings. The van der Waals surface area contributed by atoms with Crippen LogP contribution >= 0.6 is 11.3 Å². The van der Waals surface area contributed by atoms with E-state index in [0.717, 1.165) is 26.5 Å². The second-order valence-corrected chi connectivity index (χ2v) is 8.76. The Morgan fingerprint density at radius 1 is 1.07 bits per heavy atom. The van der Waals surface area contributed by atoms with E-state index in [4.69, 9.17) is 4.74 Å². The van der Waals surface area contributed by atoms with Gasteiger partial charge in [-0.05, 0) is 55.0 Å². The molecule has 6 nitrogen and oxygen atoms in total. The Balaban J connectivity index is 1.66. The van der Waals surface area contributed by atoms with Gasteiger partial charge in [0, 0.05) is 11.8 Å². The Kier molecular flexibility index (Phi) is 4.74. The summed E-state index contributed by atoms with van der Waals surface area (Å²) in [5.74, 6) is 0.297. The van der Waals surface area contributed by atoms with Gasteiger partial charge in [-0.15, -0.1) is 0 Å². The summed E-state index contributed by atoms with van der Waals surface area (Å²) in [7, 11) is -2.33. The molecule has 1 N–H and O–H groups in total. The zero-order chi connectivity index (χ0) is 19.7. The molecule has 2 aromatic carbocycles. The average Bonchev–Trinajstić information content (AvgIpc) is 3.13. The first-order chi connectivity index (χ1) is 13.5. The molecule has 0 aliphatic heterocycles. The van der Waals surface area contributed by atoms with Gasteiger partial charge in [0.05, 0.1) is 12.8 Å². The number of rotatable bonds is 5. The number of pyridine rings is 1. The summed E-state index contributed by atoms with van der Waals surface area (Å²) in [6, 6.07) is 15.8. The minimum absolute atomic E-state index is 0.0956. The molecule has 0 spiro atoms. The SMILES string of the molecule is COc1ccccc1S(=O)(=O)Nc1ccc(-c2nc3cccnc3s2)cc1C. The monoisotopic (exact) mass is 411 g/mol. The summed E-state index contributed by atoms with van der Waals surface area (Å²) < 4.78 is 33.4. The van der Waals surface area contributed by atoms with Crippen molar-refractivity contribution < 1.29 is 13.2 Å². The first-order valence-electron chi connectivity index (χ1n) is 8.46. The molecule has 0 unspecified atom stereocenters. The lowest BCUT2D eigenvalue weighted by molar-refractivity contribution is 0.403. The van der Waals surface area contributed by atoms with Crippen LogP contribution in [-0.4, -0.2) is 25.5 Å². The number of sulfonamides is 1. The van der Waals surface area contributed by atoms with Crippen LogP contribution in [0.15, 0.2) is 65.7 Å². The molecule has 0 radical (unpaired) electrons. The average molecular weight is 412 g/mol. The molecule has 4 aromatic rings. The largest absolute Gasteiger partial charge is 0.495 e. The molecule has 2 heterocycles. The van der Waals surface area contributed by atoms with Gasteiger partial charge in [-0.25, -0.2) is 18.4 Å². The lowest BCUT2D eigenvalue weighted by Gasteiger charge is -2.13. The number of nitrogens with one attached hydrogen (secondary N) is 1. The van der Waals surface area contributed by atoms with E-state index < -0.39 is 10.0 Å². The van der Waals surface area contributed by atoms with Crippen molar-refractivity contribution in [3.63, 3.8) is 0 Å². The van der Waals surface area contributed by atoms with Gasteiger partial charge in [0.1, 0.15) is 26.0 Å². The van der Waals surface area contributed by atoms with Gasteiger partial charge in [-0.3, -0.25) is 4.72 Å². The first-order valence-corrected chi connectivity index (χ1v) is 10.8. The molecule has 0 bridgehead atoms. The fraction of sp³-hybridized carbons (Fsp3) is 0.100. The number of aryl methyl sites for hydroxylation is 1. The van der Waals surface area contributed by atoms with Crippen molar-refractivity contribution in [2.24, 2.45) is 0 Å². The van der Waals surface area contributed by atoms with Crippen molar-refractivity contribution in [2.75, 3.05) is 11.8 Å². The Bertz CT molecular complexity index is 1230. The number of hydrogen-bond donors (Lipinski definition) is 1. The number of aromatic nitrogens is 2. The van der Waals surface area contributed by atoms with Gasteiger partial charge in [-0.1, -0.05) is 23.5 Å². The van der Waals surface area contributed by atoms with E-state index >= 15 is 0 Å². The molecule has 0 aliphatic carbocycles. The van der Waals surface area contributed by atoms with E-state index in [9.17, 15) is 8.42 Å². The maximum absolute atomic E-state index is 12.8. The third kappa shape index (κ3) is 3.44. The number of hydrogen-bond acceptors (Lipinski definition) is 6. The lowest BCUT2D eigenvalue weighted by Crippen LogP contribution is -2.14.